The topological polar surface area (TPSA) is 76.1 Å². The van der Waals surface area contributed by atoms with Crippen LogP contribution in [0.25, 0.3) is 5.76 Å². The summed E-state index contributed by atoms with van der Waals surface area (Å²) in [6, 6.07) is 20.1. The molecule has 1 atom stereocenters. The first-order valence-corrected chi connectivity index (χ1v) is 12.4. The van der Waals surface area contributed by atoms with Gasteiger partial charge in [-0.25, -0.2) is 0 Å². The number of amides is 1. The number of ether oxygens (including phenoxy) is 2. The number of rotatable bonds is 8. The average Bonchev–Trinajstić information content (AvgIpc) is 3.16. The summed E-state index contributed by atoms with van der Waals surface area (Å²) in [4.78, 5) is 28.2. The Morgan fingerprint density at radius 3 is 2.16 bits per heavy atom. The van der Waals surface area contributed by atoms with Crippen molar-refractivity contribution in [2.24, 2.45) is 0 Å². The summed E-state index contributed by atoms with van der Waals surface area (Å²) >= 11 is 0. The number of likely N-dealkylation sites (tertiary alicyclic amines) is 1. The Kier molecular flexibility index (Phi) is 7.67. The van der Waals surface area contributed by atoms with Crippen LogP contribution in [0.3, 0.4) is 0 Å². The van der Waals surface area contributed by atoms with E-state index in [0.29, 0.717) is 35.9 Å². The van der Waals surface area contributed by atoms with Gasteiger partial charge in [0, 0.05) is 12.1 Å². The third-order valence-electron chi connectivity index (χ3n) is 6.87. The van der Waals surface area contributed by atoms with Crippen LogP contribution in [0, 0.1) is 6.92 Å². The first kappa shape index (κ1) is 26.0. The van der Waals surface area contributed by atoms with Crippen LogP contribution in [0.15, 0.2) is 72.3 Å². The van der Waals surface area contributed by atoms with Gasteiger partial charge < -0.3 is 19.5 Å². The van der Waals surface area contributed by atoms with Gasteiger partial charge in [-0.3, -0.25) is 9.59 Å². The van der Waals surface area contributed by atoms with Crippen molar-refractivity contribution in [3.05, 3.63) is 100 Å². The Balaban J connectivity index is 1.75. The van der Waals surface area contributed by atoms with Gasteiger partial charge >= 0.3 is 0 Å². The Morgan fingerprint density at radius 1 is 0.919 bits per heavy atom. The standard InChI is InChI=1S/C31H33NO5/c1-19(2)22-11-13-23(14-12-22)28-27(29(33)24-9-6-20(3)7-10-24)30(34)31(35)32(28)17-16-21-8-15-25(36-4)26(18-21)37-5/h6-15,18-19,28,33H,16-17H2,1-5H3/b29-27-. The van der Waals surface area contributed by atoms with Crippen molar-refractivity contribution in [3.8, 4) is 11.5 Å². The molecule has 6 nitrogen and oxygen atoms in total. The van der Waals surface area contributed by atoms with Gasteiger partial charge in [-0.1, -0.05) is 74.0 Å². The van der Waals surface area contributed by atoms with Crippen LogP contribution in [0.5, 0.6) is 11.5 Å². The minimum absolute atomic E-state index is 0.110. The summed E-state index contributed by atoms with van der Waals surface area (Å²) in [5.41, 5.74) is 4.53. The fraction of sp³-hybridized carbons (Fsp3) is 0.290. The van der Waals surface area contributed by atoms with Crippen LogP contribution in [-0.4, -0.2) is 42.5 Å². The van der Waals surface area contributed by atoms with E-state index in [4.69, 9.17) is 9.47 Å². The summed E-state index contributed by atoms with van der Waals surface area (Å²) < 4.78 is 10.7. The molecule has 4 rings (SSSR count). The molecule has 0 bridgehead atoms. The zero-order valence-electron chi connectivity index (χ0n) is 21.9. The molecular formula is C31H33NO5. The minimum atomic E-state index is -0.692. The number of aliphatic hydroxyl groups excluding tert-OH is 1. The number of carbonyl (C=O) groups is 2. The molecule has 0 aliphatic carbocycles. The maximum absolute atomic E-state index is 13.3. The molecule has 1 amide bonds. The number of aliphatic hydroxyl groups is 1. The van der Waals surface area contributed by atoms with E-state index in [0.717, 1.165) is 22.3 Å². The lowest BCUT2D eigenvalue weighted by molar-refractivity contribution is -0.139. The summed E-state index contributed by atoms with van der Waals surface area (Å²) in [7, 11) is 3.15. The van der Waals surface area contributed by atoms with Crippen molar-refractivity contribution >= 4 is 17.4 Å². The molecular weight excluding hydrogens is 466 g/mol. The second-order valence-electron chi connectivity index (χ2n) is 9.62. The van der Waals surface area contributed by atoms with Crippen LogP contribution < -0.4 is 9.47 Å². The molecule has 3 aromatic carbocycles. The van der Waals surface area contributed by atoms with Gasteiger partial charge in [-0.15, -0.1) is 0 Å². The summed E-state index contributed by atoms with van der Waals surface area (Å²) in [6.07, 6.45) is 0.499. The first-order chi connectivity index (χ1) is 17.7. The molecule has 1 fully saturated rings. The second kappa shape index (κ2) is 10.9. The maximum Gasteiger partial charge on any atom is 0.295 e. The number of hydrogen-bond acceptors (Lipinski definition) is 5. The Bertz CT molecular complexity index is 1320. The van der Waals surface area contributed by atoms with Crippen molar-refractivity contribution in [1.29, 1.82) is 0 Å². The van der Waals surface area contributed by atoms with Crippen molar-refractivity contribution in [2.75, 3.05) is 20.8 Å². The van der Waals surface area contributed by atoms with Crippen LogP contribution in [0.4, 0.5) is 0 Å². The zero-order chi connectivity index (χ0) is 26.7. The highest BCUT2D eigenvalue weighted by atomic mass is 16.5. The van der Waals surface area contributed by atoms with Crippen molar-refractivity contribution in [1.82, 2.24) is 4.90 Å². The van der Waals surface area contributed by atoms with Gasteiger partial charge in [0.25, 0.3) is 11.7 Å². The number of methoxy groups -OCH3 is 2. The number of benzene rings is 3. The molecule has 37 heavy (non-hydrogen) atoms. The lowest BCUT2D eigenvalue weighted by atomic mass is 9.93. The van der Waals surface area contributed by atoms with E-state index in [-0.39, 0.29) is 11.3 Å². The van der Waals surface area contributed by atoms with E-state index in [9.17, 15) is 14.7 Å². The fourth-order valence-electron chi connectivity index (χ4n) is 4.67. The molecule has 6 heteroatoms. The molecule has 1 aliphatic heterocycles. The quantitative estimate of drug-likeness (QED) is 0.241. The van der Waals surface area contributed by atoms with Crippen molar-refractivity contribution in [2.45, 2.75) is 39.2 Å². The van der Waals surface area contributed by atoms with Gasteiger partial charge in [0.2, 0.25) is 0 Å². The summed E-state index contributed by atoms with van der Waals surface area (Å²) in [5, 5.41) is 11.3. The first-order valence-electron chi connectivity index (χ1n) is 12.4. The molecule has 0 saturated carbocycles. The smallest absolute Gasteiger partial charge is 0.295 e. The SMILES string of the molecule is COc1ccc(CCN2C(=O)C(=O)/C(=C(\O)c3ccc(C)cc3)C2c2ccc(C(C)C)cc2)cc1OC. The maximum atomic E-state index is 13.3. The number of Topliss-reactive ketones (excluding diaryl/α,β-unsaturated/α-hetero) is 1. The van der Waals surface area contributed by atoms with E-state index >= 15 is 0 Å². The third kappa shape index (κ3) is 5.24. The number of hydrogen-bond donors (Lipinski definition) is 1. The number of carbonyl (C=O) groups excluding carboxylic acids is 2. The van der Waals surface area contributed by atoms with Gasteiger partial charge in [0.1, 0.15) is 5.76 Å². The Labute approximate surface area is 218 Å². The molecule has 0 aromatic heterocycles. The second-order valence-corrected chi connectivity index (χ2v) is 9.62. The predicted molar refractivity (Wildman–Crippen MR) is 144 cm³/mol. The van der Waals surface area contributed by atoms with E-state index in [1.807, 2.05) is 61.5 Å². The molecule has 3 aromatic rings. The van der Waals surface area contributed by atoms with Crippen molar-refractivity contribution in [3.63, 3.8) is 0 Å². The Morgan fingerprint density at radius 2 is 1.57 bits per heavy atom. The highest BCUT2D eigenvalue weighted by Gasteiger charge is 2.45. The molecule has 1 aliphatic rings. The Hall–Kier alpha value is -4.06. The van der Waals surface area contributed by atoms with Gasteiger partial charge in [0.05, 0.1) is 25.8 Å². The molecule has 192 valence electrons. The van der Waals surface area contributed by atoms with E-state index in [1.54, 1.807) is 31.3 Å². The normalized spacial score (nSPS) is 16.9. The largest absolute Gasteiger partial charge is 0.507 e. The van der Waals surface area contributed by atoms with Gasteiger partial charge in [0.15, 0.2) is 11.5 Å². The van der Waals surface area contributed by atoms with Crippen LogP contribution in [-0.2, 0) is 16.0 Å². The molecule has 1 saturated heterocycles. The van der Waals surface area contributed by atoms with Crippen LogP contribution in [0.1, 0.15) is 53.6 Å². The van der Waals surface area contributed by atoms with Crippen LogP contribution >= 0.6 is 0 Å². The fourth-order valence-corrected chi connectivity index (χ4v) is 4.67. The molecule has 0 spiro atoms. The van der Waals surface area contributed by atoms with Gasteiger partial charge in [-0.2, -0.15) is 0 Å². The highest BCUT2D eigenvalue weighted by Crippen LogP contribution is 2.40. The molecule has 0 radical (unpaired) electrons. The predicted octanol–water partition coefficient (Wildman–Crippen LogP) is 5.80. The average molecular weight is 500 g/mol. The summed E-state index contributed by atoms with van der Waals surface area (Å²) in [6.45, 7) is 6.47. The number of aryl methyl sites for hydroxylation is 1. The lowest BCUT2D eigenvalue weighted by Crippen LogP contribution is -2.31. The monoisotopic (exact) mass is 499 g/mol. The van der Waals surface area contributed by atoms with Gasteiger partial charge in [-0.05, 0) is 48.1 Å². The number of ketones is 1. The summed E-state index contributed by atoms with van der Waals surface area (Å²) in [5.74, 6) is 0.107. The molecule has 1 N–H and O–H groups in total. The van der Waals surface area contributed by atoms with E-state index < -0.39 is 17.7 Å². The lowest BCUT2D eigenvalue weighted by Gasteiger charge is -2.26. The van der Waals surface area contributed by atoms with Crippen molar-refractivity contribution < 1.29 is 24.2 Å². The molecule has 1 heterocycles. The minimum Gasteiger partial charge on any atom is -0.507 e. The number of nitrogens with zero attached hydrogens (tertiary/aromatic N) is 1. The third-order valence-corrected chi connectivity index (χ3v) is 6.87. The zero-order valence-corrected chi connectivity index (χ0v) is 21.9. The van der Waals surface area contributed by atoms with Crippen LogP contribution in [0.2, 0.25) is 0 Å². The van der Waals surface area contributed by atoms with E-state index in [1.165, 1.54) is 0 Å². The highest BCUT2D eigenvalue weighted by molar-refractivity contribution is 6.46. The van der Waals surface area contributed by atoms with E-state index in [2.05, 4.69) is 13.8 Å². The molecule has 1 unspecified atom stereocenters.